The molecule has 0 aliphatic rings. The van der Waals surface area contributed by atoms with E-state index >= 15 is 0 Å². The zero-order valence-electron chi connectivity index (χ0n) is 24.4. The van der Waals surface area contributed by atoms with E-state index in [0.717, 1.165) is 22.4 Å². The lowest BCUT2D eigenvalue weighted by atomic mass is 10.1. The SMILES string of the molecule is Cc1ccc2nc(-c3ccc(N=NNc4ccc(-c5ccc(N=Nc6ccc(O)c(C(=O)O)c6)cc5)cc4)cc3)sc2c1S(=O)(=O)O. The number of hydrogen-bond acceptors (Lipinski definition) is 10. The van der Waals surface area contributed by atoms with Crippen LogP contribution in [0.2, 0.25) is 0 Å². The number of carbonyl (C=O) groups is 1. The van der Waals surface area contributed by atoms with Crippen LogP contribution in [0.25, 0.3) is 31.9 Å². The maximum atomic E-state index is 11.9. The van der Waals surface area contributed by atoms with E-state index in [0.29, 0.717) is 37.8 Å². The molecular weight excluding hydrogens is 641 g/mol. The van der Waals surface area contributed by atoms with Crippen LogP contribution in [-0.4, -0.2) is 34.1 Å². The molecule has 14 heteroatoms. The second-order valence-corrected chi connectivity index (χ2v) is 12.6. The Bertz CT molecular complexity index is 2280. The largest absolute Gasteiger partial charge is 0.507 e. The van der Waals surface area contributed by atoms with Crippen LogP contribution in [0, 0.1) is 6.92 Å². The summed E-state index contributed by atoms with van der Waals surface area (Å²) in [5.74, 6) is -1.59. The van der Waals surface area contributed by atoms with E-state index < -0.39 is 16.1 Å². The minimum Gasteiger partial charge on any atom is -0.507 e. The average Bonchev–Trinajstić information content (AvgIpc) is 3.48. The Morgan fingerprint density at radius 2 is 1.34 bits per heavy atom. The minimum absolute atomic E-state index is 0.119. The first-order valence-electron chi connectivity index (χ1n) is 13.9. The third-order valence-corrected chi connectivity index (χ3v) is 9.31. The summed E-state index contributed by atoms with van der Waals surface area (Å²) in [6.07, 6.45) is 0. The zero-order chi connectivity index (χ0) is 33.1. The molecule has 0 fully saturated rings. The fraction of sp³-hybridized carbons (Fsp3) is 0.0303. The van der Waals surface area contributed by atoms with Crippen LogP contribution in [0.5, 0.6) is 5.75 Å². The molecule has 6 rings (SSSR count). The summed E-state index contributed by atoms with van der Waals surface area (Å²) in [6.45, 7) is 1.63. The van der Waals surface area contributed by atoms with Crippen molar-refractivity contribution in [3.8, 4) is 27.4 Å². The van der Waals surface area contributed by atoms with Gasteiger partial charge in [0.05, 0.1) is 33.0 Å². The third kappa shape index (κ3) is 7.04. The number of hydrogen-bond donors (Lipinski definition) is 4. The minimum atomic E-state index is -4.39. The number of rotatable bonds is 9. The van der Waals surface area contributed by atoms with Gasteiger partial charge in [0.1, 0.15) is 21.2 Å². The predicted molar refractivity (Wildman–Crippen MR) is 179 cm³/mol. The van der Waals surface area contributed by atoms with E-state index in [9.17, 15) is 22.9 Å². The topological polar surface area (TPSA) is 186 Å². The summed E-state index contributed by atoms with van der Waals surface area (Å²) < 4.78 is 33.9. The lowest BCUT2D eigenvalue weighted by molar-refractivity contribution is 0.0693. The summed E-state index contributed by atoms with van der Waals surface area (Å²) in [7, 11) is -4.39. The molecule has 47 heavy (non-hydrogen) atoms. The lowest BCUT2D eigenvalue weighted by Gasteiger charge is -2.04. The molecule has 0 radical (unpaired) electrons. The summed E-state index contributed by atoms with van der Waals surface area (Å²) in [4.78, 5) is 15.6. The predicted octanol–water partition coefficient (Wildman–Crippen LogP) is 9.12. The molecule has 12 nitrogen and oxygen atoms in total. The number of carboxylic acids is 1. The van der Waals surface area contributed by atoms with Gasteiger partial charge in [-0.3, -0.25) is 9.98 Å². The fourth-order valence-corrected chi connectivity index (χ4v) is 6.97. The van der Waals surface area contributed by atoms with Crippen LogP contribution in [0.15, 0.2) is 129 Å². The quantitative estimate of drug-likeness (QED) is 0.0669. The molecule has 0 amide bonds. The number of azo groups is 1. The highest BCUT2D eigenvalue weighted by Crippen LogP contribution is 2.36. The monoisotopic (exact) mass is 664 g/mol. The molecule has 0 bridgehead atoms. The van der Waals surface area contributed by atoms with Crippen LogP contribution in [0.3, 0.4) is 0 Å². The molecule has 5 aromatic carbocycles. The molecule has 0 aliphatic carbocycles. The van der Waals surface area contributed by atoms with Crippen LogP contribution in [0.1, 0.15) is 15.9 Å². The number of nitrogens with one attached hydrogen (secondary N) is 1. The molecule has 0 saturated heterocycles. The number of anilines is 1. The highest BCUT2D eigenvalue weighted by Gasteiger charge is 2.20. The molecular formula is C33H24N6O6S2. The van der Waals surface area contributed by atoms with Crippen molar-refractivity contribution in [3.05, 3.63) is 114 Å². The maximum Gasteiger partial charge on any atom is 0.339 e. The van der Waals surface area contributed by atoms with Gasteiger partial charge in [0.2, 0.25) is 0 Å². The third-order valence-electron chi connectivity index (χ3n) is 7.00. The normalized spacial score (nSPS) is 11.9. The highest BCUT2D eigenvalue weighted by atomic mass is 32.2. The summed E-state index contributed by atoms with van der Waals surface area (Å²) in [5, 5.41) is 35.9. The number of nitrogens with zero attached hydrogens (tertiary/aromatic N) is 5. The molecule has 1 aromatic heterocycles. The van der Waals surface area contributed by atoms with Crippen molar-refractivity contribution < 1.29 is 28.0 Å². The Morgan fingerprint density at radius 3 is 1.98 bits per heavy atom. The first-order chi connectivity index (χ1) is 22.5. The van der Waals surface area contributed by atoms with Gasteiger partial charge in [-0.2, -0.15) is 18.6 Å². The van der Waals surface area contributed by atoms with Gasteiger partial charge in [-0.25, -0.2) is 9.78 Å². The van der Waals surface area contributed by atoms with Gasteiger partial charge in [-0.1, -0.05) is 35.6 Å². The average molecular weight is 665 g/mol. The molecule has 234 valence electrons. The van der Waals surface area contributed by atoms with Crippen LogP contribution < -0.4 is 5.43 Å². The Labute approximate surface area is 272 Å². The van der Waals surface area contributed by atoms with Crippen molar-refractivity contribution in [1.29, 1.82) is 0 Å². The molecule has 4 N–H and O–H groups in total. The Morgan fingerprint density at radius 1 is 0.766 bits per heavy atom. The number of benzene rings is 5. The number of aromatic carboxylic acids is 1. The Kier molecular flexibility index (Phi) is 8.54. The van der Waals surface area contributed by atoms with E-state index in [2.05, 4.69) is 31.0 Å². The summed E-state index contributed by atoms with van der Waals surface area (Å²) in [6, 6.07) is 29.5. The van der Waals surface area contributed by atoms with Crippen molar-refractivity contribution in [2.24, 2.45) is 20.6 Å². The second-order valence-electron chi connectivity index (χ2n) is 10.2. The van der Waals surface area contributed by atoms with E-state index in [-0.39, 0.29) is 16.2 Å². The van der Waals surface area contributed by atoms with E-state index in [4.69, 9.17) is 5.11 Å². The Balaban J connectivity index is 1.07. The smallest absolute Gasteiger partial charge is 0.339 e. The number of phenols is 1. The van der Waals surface area contributed by atoms with Crippen LogP contribution in [0.4, 0.5) is 22.7 Å². The van der Waals surface area contributed by atoms with Gasteiger partial charge in [0.25, 0.3) is 10.1 Å². The second kappa shape index (κ2) is 12.9. The molecule has 0 unspecified atom stereocenters. The molecule has 0 atom stereocenters. The van der Waals surface area contributed by atoms with Gasteiger partial charge in [0, 0.05) is 5.56 Å². The number of aromatic nitrogens is 1. The standard InChI is InChI=1S/C33H24N6O6S2/c1-19-2-16-28-30(31(19)47(43,44)45)46-32(34-28)22-7-13-25(14-8-22)38-39-37-24-11-5-21(6-12-24)20-3-9-23(10-4-20)35-36-26-15-17-29(40)27(18-26)33(41)42/h2-18,40H,1H3,(H,37,38)(H,41,42)(H,43,44,45). The number of fused-ring (bicyclic) bond motifs is 1. The van der Waals surface area contributed by atoms with Gasteiger partial charge in [0.15, 0.2) is 0 Å². The zero-order valence-corrected chi connectivity index (χ0v) is 26.1. The van der Waals surface area contributed by atoms with Crippen LogP contribution in [-0.2, 0) is 10.1 Å². The van der Waals surface area contributed by atoms with E-state index in [1.165, 1.54) is 29.5 Å². The van der Waals surface area contributed by atoms with E-state index in [1.807, 2.05) is 48.5 Å². The molecule has 1 heterocycles. The van der Waals surface area contributed by atoms with Crippen molar-refractivity contribution in [2.45, 2.75) is 11.8 Å². The maximum absolute atomic E-state index is 11.9. The first-order valence-corrected chi connectivity index (χ1v) is 16.1. The van der Waals surface area contributed by atoms with Crippen molar-refractivity contribution in [2.75, 3.05) is 5.43 Å². The molecule has 0 saturated carbocycles. The molecule has 0 aliphatic heterocycles. The summed E-state index contributed by atoms with van der Waals surface area (Å²) >= 11 is 1.19. The number of carboxylic acid groups (broad SMARTS) is 1. The van der Waals surface area contributed by atoms with Crippen molar-refractivity contribution >= 4 is 60.4 Å². The van der Waals surface area contributed by atoms with Crippen molar-refractivity contribution in [1.82, 2.24) is 4.98 Å². The first kappa shape index (κ1) is 31.2. The van der Waals surface area contributed by atoms with E-state index in [1.54, 1.807) is 43.3 Å². The van der Waals surface area contributed by atoms with Gasteiger partial charge < -0.3 is 10.2 Å². The van der Waals surface area contributed by atoms with Crippen molar-refractivity contribution in [3.63, 3.8) is 0 Å². The molecule has 0 spiro atoms. The number of thiazole rings is 1. The van der Waals surface area contributed by atoms with Gasteiger partial charge >= 0.3 is 5.97 Å². The highest BCUT2D eigenvalue weighted by molar-refractivity contribution is 7.86. The number of aryl methyl sites for hydroxylation is 1. The number of aromatic hydroxyl groups is 1. The fourth-order valence-electron chi connectivity index (χ4n) is 4.65. The van der Waals surface area contributed by atoms with Crippen LogP contribution >= 0.6 is 11.3 Å². The lowest BCUT2D eigenvalue weighted by Crippen LogP contribution is -2.00. The Hall–Kier alpha value is -5.83. The molecule has 6 aromatic rings. The van der Waals surface area contributed by atoms with Gasteiger partial charge in [-0.15, -0.1) is 16.5 Å². The summed E-state index contributed by atoms with van der Waals surface area (Å²) in [5.41, 5.74) is 8.50. The van der Waals surface area contributed by atoms with Gasteiger partial charge in [-0.05, 0) is 96.4 Å².